The van der Waals surface area contributed by atoms with Crippen LogP contribution in [0.25, 0.3) is 0 Å². The van der Waals surface area contributed by atoms with Crippen LogP contribution in [0.3, 0.4) is 0 Å². The number of carbonyl (C=O) groups excluding carboxylic acids is 2. The zero-order valence-electron chi connectivity index (χ0n) is 35.6. The number of carbonyl (C=O) groups is 2. The summed E-state index contributed by atoms with van der Waals surface area (Å²) in [6, 6.07) is 2.33. The first kappa shape index (κ1) is 44.0. The van der Waals surface area contributed by atoms with E-state index >= 15 is 0 Å². The van der Waals surface area contributed by atoms with Crippen molar-refractivity contribution in [3.05, 3.63) is 17.8 Å². The number of hydrogen-bond donors (Lipinski definition) is 3. The van der Waals surface area contributed by atoms with Gasteiger partial charge < -0.3 is 54.1 Å². The number of hydrogen-bond acceptors (Lipinski definition) is 16. The van der Waals surface area contributed by atoms with E-state index in [-0.39, 0.29) is 55.4 Å². The van der Waals surface area contributed by atoms with Gasteiger partial charge in [-0.2, -0.15) is 0 Å². The standard InChI is InChI=1S/C41H64N6O11/c1-11-30-41(8)34-23(4)31(43-14-15-47(34)39(51)58-41)21(2)17-40(7)35(57-38-32(49)28(46(9)10)16-22(3)55-38)24(5)33(25(6)37(50)56-30)52-18-27(19-53-40)45-54-20-26-12-13-29(48)36(42)44-26/h12-13,21-25,28,30,32-35,38,48-49H,11,14-20H2,1-10H3,(H2,42,44)/b45-27+/t21-,22+,23+,24+,25-,28-,30-,32+,33+,34-,35-,38-,40-,41-/m1/s1. The molecule has 0 aliphatic carbocycles. The third kappa shape index (κ3) is 8.66. The molecule has 0 unspecified atom stereocenters. The number of nitrogens with zero attached hydrogens (tertiary/aromatic N) is 5. The Morgan fingerprint density at radius 3 is 2.53 bits per heavy atom. The van der Waals surface area contributed by atoms with Gasteiger partial charge in [-0.3, -0.25) is 14.7 Å². The number of amides is 1. The summed E-state index contributed by atoms with van der Waals surface area (Å²) in [7, 11) is 3.84. The van der Waals surface area contributed by atoms with Crippen molar-refractivity contribution in [2.75, 3.05) is 46.1 Å². The van der Waals surface area contributed by atoms with E-state index in [0.717, 1.165) is 5.71 Å². The lowest BCUT2D eigenvalue weighted by Gasteiger charge is -2.48. The summed E-state index contributed by atoms with van der Waals surface area (Å²) in [6.45, 7) is 16.2. The number of nitrogen functional groups attached to an aromatic ring is 1. The predicted molar refractivity (Wildman–Crippen MR) is 213 cm³/mol. The number of cyclic esters (lactones) is 1. The minimum absolute atomic E-state index is 0.0276. The van der Waals surface area contributed by atoms with Gasteiger partial charge in [0.15, 0.2) is 30.1 Å². The summed E-state index contributed by atoms with van der Waals surface area (Å²) in [4.78, 5) is 46.7. The van der Waals surface area contributed by atoms with Crippen LogP contribution in [0.1, 0.15) is 80.3 Å². The first-order valence-corrected chi connectivity index (χ1v) is 20.7. The van der Waals surface area contributed by atoms with Crippen LogP contribution in [0.4, 0.5) is 10.6 Å². The third-order valence-corrected chi connectivity index (χ3v) is 12.9. The van der Waals surface area contributed by atoms with Gasteiger partial charge in [0.1, 0.15) is 17.9 Å². The summed E-state index contributed by atoms with van der Waals surface area (Å²) in [5.74, 6) is -2.56. The smallest absolute Gasteiger partial charge is 0.410 e. The Balaban J connectivity index is 1.44. The molecule has 14 atom stereocenters. The summed E-state index contributed by atoms with van der Waals surface area (Å²) in [5.41, 5.74) is 5.26. The van der Waals surface area contributed by atoms with Crippen molar-refractivity contribution in [2.24, 2.45) is 33.8 Å². The normalized spacial score (nSPS) is 40.8. The molecule has 4 fully saturated rings. The molecule has 5 aliphatic rings. The summed E-state index contributed by atoms with van der Waals surface area (Å²) < 4.78 is 39.6. The van der Waals surface area contributed by atoms with E-state index in [1.165, 1.54) is 6.07 Å². The second kappa shape index (κ2) is 17.5. The number of rotatable bonds is 7. The highest BCUT2D eigenvalue weighted by Crippen LogP contribution is 2.45. The van der Waals surface area contributed by atoms with Crippen molar-refractivity contribution in [1.82, 2.24) is 14.8 Å². The van der Waals surface area contributed by atoms with E-state index in [0.29, 0.717) is 43.8 Å². The van der Waals surface area contributed by atoms with Gasteiger partial charge in [0.05, 0.1) is 61.3 Å². The molecule has 324 valence electrons. The number of aliphatic hydroxyl groups excluding tert-OH is 1. The first-order valence-electron chi connectivity index (χ1n) is 20.7. The molecule has 4 bridgehead atoms. The Morgan fingerprint density at radius 1 is 1.10 bits per heavy atom. The van der Waals surface area contributed by atoms with Gasteiger partial charge in [-0.1, -0.05) is 32.9 Å². The maximum absolute atomic E-state index is 14.5. The van der Waals surface area contributed by atoms with Crippen LogP contribution in [0.5, 0.6) is 5.75 Å². The second-order valence-corrected chi connectivity index (χ2v) is 17.5. The number of anilines is 1. The maximum atomic E-state index is 14.5. The van der Waals surface area contributed by atoms with Crippen LogP contribution in [-0.2, 0) is 44.7 Å². The molecule has 1 aromatic rings. The van der Waals surface area contributed by atoms with Crippen molar-refractivity contribution in [3.63, 3.8) is 0 Å². The highest BCUT2D eigenvalue weighted by atomic mass is 16.7. The zero-order chi connectivity index (χ0) is 42.3. The summed E-state index contributed by atoms with van der Waals surface area (Å²) in [5, 5.41) is 26.0. The SMILES string of the molecule is CC[C@H]1OC(=O)[C@H](C)[C@H]2OC/C(=N\OCc3ccc(O)c(N)n3)CO[C@](C)(C[C@@H](C)C3=NCCN4C(=O)O[C@@]1(C)[C@H]4[C@H]3C)[C@H](O[C@H]1O[C@@H](C)C[C@@H](N(C)C)[C@@H]1O)[C@H]2C. The maximum Gasteiger partial charge on any atom is 0.410 e. The molecule has 0 spiro atoms. The monoisotopic (exact) mass is 816 g/mol. The van der Waals surface area contributed by atoms with E-state index in [9.17, 15) is 19.8 Å². The number of aromatic hydroxyl groups is 1. The number of likely N-dealkylation sites (N-methyl/N-ethyl adjacent to an activating group) is 1. The Labute approximate surface area is 341 Å². The van der Waals surface area contributed by atoms with E-state index in [2.05, 4.69) is 24.0 Å². The molecule has 6 rings (SSSR count). The Hall–Kier alpha value is -3.61. The van der Waals surface area contributed by atoms with Crippen molar-refractivity contribution in [1.29, 1.82) is 0 Å². The Kier molecular flexibility index (Phi) is 13.3. The quantitative estimate of drug-likeness (QED) is 0.266. The largest absolute Gasteiger partial charge is 0.504 e. The number of ether oxygens (including phenoxy) is 6. The lowest BCUT2D eigenvalue weighted by molar-refractivity contribution is -0.302. The van der Waals surface area contributed by atoms with Gasteiger partial charge in [-0.15, -0.1) is 0 Å². The number of oxime groups is 1. The minimum Gasteiger partial charge on any atom is -0.504 e. The molecule has 0 aromatic carbocycles. The molecule has 17 heteroatoms. The molecule has 1 amide bonds. The van der Waals surface area contributed by atoms with Crippen LogP contribution < -0.4 is 5.73 Å². The zero-order valence-corrected chi connectivity index (χ0v) is 35.6. The van der Waals surface area contributed by atoms with E-state index in [1.807, 2.05) is 53.6 Å². The number of aliphatic hydroxyl groups is 1. The topological polar surface area (TPSA) is 209 Å². The van der Waals surface area contributed by atoms with Gasteiger partial charge in [0.25, 0.3) is 0 Å². The van der Waals surface area contributed by atoms with Gasteiger partial charge >= 0.3 is 12.1 Å². The third-order valence-electron chi connectivity index (χ3n) is 12.9. The van der Waals surface area contributed by atoms with Crippen molar-refractivity contribution in [2.45, 2.75) is 141 Å². The van der Waals surface area contributed by atoms with E-state index in [1.54, 1.807) is 17.9 Å². The molecule has 5 aliphatic heterocycles. The Bertz CT molecular complexity index is 1710. The fourth-order valence-corrected chi connectivity index (χ4v) is 10.00. The molecular weight excluding hydrogens is 752 g/mol. The summed E-state index contributed by atoms with van der Waals surface area (Å²) >= 11 is 0. The Morgan fingerprint density at radius 2 is 1.84 bits per heavy atom. The molecule has 17 nitrogen and oxygen atoms in total. The van der Waals surface area contributed by atoms with E-state index in [4.69, 9.17) is 44.0 Å². The molecule has 0 radical (unpaired) electrons. The average Bonchev–Trinajstić information content (AvgIpc) is 3.31. The van der Waals surface area contributed by atoms with Crippen LogP contribution in [-0.4, -0.2) is 149 Å². The van der Waals surface area contributed by atoms with E-state index < -0.39 is 71.8 Å². The fraction of sp³-hybridized carbons (Fsp3) is 0.780. The molecule has 6 heterocycles. The second-order valence-electron chi connectivity index (χ2n) is 17.5. The molecule has 4 saturated heterocycles. The van der Waals surface area contributed by atoms with Crippen molar-refractivity contribution in [3.8, 4) is 5.75 Å². The average molecular weight is 817 g/mol. The molecular formula is C41H64N6O11. The summed E-state index contributed by atoms with van der Waals surface area (Å²) in [6.07, 6.45) is -3.68. The van der Waals surface area contributed by atoms with Gasteiger partial charge in [0, 0.05) is 30.1 Å². The van der Waals surface area contributed by atoms with Crippen LogP contribution in [0.15, 0.2) is 22.3 Å². The number of aliphatic imine (C=N–C) groups is 1. The number of aromatic nitrogens is 1. The van der Waals surface area contributed by atoms with Crippen LogP contribution in [0, 0.1) is 23.7 Å². The molecule has 4 N–H and O–H groups in total. The lowest BCUT2D eigenvalue weighted by atomic mass is 9.72. The predicted octanol–water partition coefficient (Wildman–Crippen LogP) is 3.53. The van der Waals surface area contributed by atoms with Gasteiger partial charge in [-0.25, -0.2) is 9.78 Å². The number of fused-ring (bicyclic) bond motifs is 4. The number of nitrogens with two attached hydrogens (primary N) is 1. The first-order chi connectivity index (χ1) is 27.4. The van der Waals surface area contributed by atoms with Crippen molar-refractivity contribution >= 4 is 29.3 Å². The molecule has 1 aromatic heterocycles. The van der Waals surface area contributed by atoms with Crippen molar-refractivity contribution < 1.29 is 53.1 Å². The number of pyridine rings is 1. The lowest BCUT2D eigenvalue weighted by Crippen LogP contribution is -2.60. The van der Waals surface area contributed by atoms with Gasteiger partial charge in [-0.05, 0) is 79.1 Å². The molecule has 58 heavy (non-hydrogen) atoms. The van der Waals surface area contributed by atoms with Crippen LogP contribution in [0.2, 0.25) is 0 Å². The number of esters is 1. The molecule has 0 saturated carbocycles. The van der Waals surface area contributed by atoms with Gasteiger partial charge in [0.2, 0.25) is 0 Å². The fourth-order valence-electron chi connectivity index (χ4n) is 10.00. The highest BCUT2D eigenvalue weighted by molar-refractivity contribution is 5.91. The van der Waals surface area contributed by atoms with Crippen LogP contribution >= 0.6 is 0 Å². The minimum atomic E-state index is -1.15. The highest BCUT2D eigenvalue weighted by Gasteiger charge is 2.60.